The largest absolute Gasteiger partial charge is 0.340 e. The van der Waals surface area contributed by atoms with Crippen LogP contribution in [-0.4, -0.2) is 23.8 Å². The van der Waals surface area contributed by atoms with E-state index < -0.39 is 11.9 Å². The van der Waals surface area contributed by atoms with Crippen LogP contribution in [0, 0.1) is 0 Å². The molecule has 1 aromatic rings. The van der Waals surface area contributed by atoms with Gasteiger partial charge in [0.25, 0.3) is 0 Å². The van der Waals surface area contributed by atoms with E-state index in [1.807, 2.05) is 56.3 Å². The third kappa shape index (κ3) is 3.06. The van der Waals surface area contributed by atoms with Crippen molar-refractivity contribution in [2.75, 3.05) is 0 Å². The van der Waals surface area contributed by atoms with Gasteiger partial charge < -0.3 is 9.47 Å². The molecule has 1 aliphatic heterocycles. The molecule has 3 nitrogen and oxygen atoms in total. The summed E-state index contributed by atoms with van der Waals surface area (Å²) in [7, 11) is 0. The lowest BCUT2D eigenvalue weighted by atomic mass is 10.1. The highest BCUT2D eigenvalue weighted by Crippen LogP contribution is 2.29. The summed E-state index contributed by atoms with van der Waals surface area (Å²) in [5, 5.41) is 0. The van der Waals surface area contributed by atoms with Gasteiger partial charge in [0.05, 0.1) is 0 Å². The Hall–Kier alpha value is -1.45. The number of carbonyl (C=O) groups excluding carboxylic acids is 1. The Balaban J connectivity index is 2.12. The first-order chi connectivity index (χ1) is 8.48. The molecule has 1 aromatic carbocycles. The molecule has 1 fully saturated rings. The van der Waals surface area contributed by atoms with Crippen molar-refractivity contribution in [3.8, 4) is 0 Å². The van der Waals surface area contributed by atoms with E-state index >= 15 is 0 Å². The van der Waals surface area contributed by atoms with Crippen LogP contribution >= 0.6 is 0 Å². The van der Waals surface area contributed by atoms with E-state index in [0.29, 0.717) is 0 Å². The fourth-order valence-electron chi connectivity index (χ4n) is 2.01. The maximum Gasteiger partial charge on any atom is 0.164 e. The maximum atomic E-state index is 11.5. The molecule has 96 valence electrons. The van der Waals surface area contributed by atoms with Gasteiger partial charge in [0.1, 0.15) is 12.2 Å². The third-order valence-corrected chi connectivity index (χ3v) is 2.81. The molecule has 0 amide bonds. The minimum Gasteiger partial charge on any atom is -0.340 e. The molecule has 2 atom stereocenters. The van der Waals surface area contributed by atoms with Gasteiger partial charge in [0.2, 0.25) is 0 Å². The Kier molecular flexibility index (Phi) is 3.64. The molecule has 1 saturated heterocycles. The minimum atomic E-state index is -0.706. The van der Waals surface area contributed by atoms with Gasteiger partial charge >= 0.3 is 0 Å². The maximum absolute atomic E-state index is 11.5. The average Bonchev–Trinajstić information content (AvgIpc) is 2.64. The predicted octanol–water partition coefficient (Wildman–Crippen LogP) is 2.81. The van der Waals surface area contributed by atoms with Crippen LogP contribution in [0.1, 0.15) is 26.3 Å². The van der Waals surface area contributed by atoms with E-state index in [1.165, 1.54) is 6.92 Å². The fourth-order valence-corrected chi connectivity index (χ4v) is 2.01. The molecule has 0 radical (unpaired) electrons. The number of rotatable bonds is 3. The number of benzene rings is 1. The van der Waals surface area contributed by atoms with Crippen molar-refractivity contribution in [2.24, 2.45) is 0 Å². The Morgan fingerprint density at radius 1 is 1.22 bits per heavy atom. The Labute approximate surface area is 107 Å². The van der Waals surface area contributed by atoms with Gasteiger partial charge in [-0.25, -0.2) is 0 Å². The van der Waals surface area contributed by atoms with E-state index in [9.17, 15) is 4.79 Å². The van der Waals surface area contributed by atoms with Crippen LogP contribution in [0.5, 0.6) is 0 Å². The van der Waals surface area contributed by atoms with Gasteiger partial charge in [0.15, 0.2) is 11.6 Å². The molecule has 0 aliphatic carbocycles. The zero-order valence-corrected chi connectivity index (χ0v) is 10.9. The smallest absolute Gasteiger partial charge is 0.164 e. The molecule has 0 unspecified atom stereocenters. The van der Waals surface area contributed by atoms with Crippen LogP contribution in [0.3, 0.4) is 0 Å². The van der Waals surface area contributed by atoms with Gasteiger partial charge in [-0.1, -0.05) is 42.5 Å². The molecule has 3 heteroatoms. The minimum absolute atomic E-state index is 0.0108. The third-order valence-electron chi connectivity index (χ3n) is 2.81. The van der Waals surface area contributed by atoms with Crippen LogP contribution in [0.15, 0.2) is 36.4 Å². The summed E-state index contributed by atoms with van der Waals surface area (Å²) in [6, 6.07) is 9.91. The molecular weight excluding hydrogens is 228 g/mol. The fraction of sp³-hybridized carbons (Fsp3) is 0.400. The summed E-state index contributed by atoms with van der Waals surface area (Å²) in [6.45, 7) is 5.16. The highest BCUT2D eigenvalue weighted by atomic mass is 16.8. The van der Waals surface area contributed by atoms with Crippen LogP contribution in [0.2, 0.25) is 0 Å². The Morgan fingerprint density at radius 2 is 1.89 bits per heavy atom. The van der Waals surface area contributed by atoms with E-state index in [4.69, 9.17) is 9.47 Å². The van der Waals surface area contributed by atoms with Crippen molar-refractivity contribution in [1.82, 2.24) is 0 Å². The highest BCUT2D eigenvalue weighted by Gasteiger charge is 2.42. The van der Waals surface area contributed by atoms with Gasteiger partial charge in [-0.05, 0) is 26.3 Å². The first-order valence-electron chi connectivity index (χ1n) is 6.07. The number of carbonyl (C=O) groups is 1. The number of Topliss-reactive ketones (excluding diaryl/α,β-unsaturated/α-hetero) is 1. The van der Waals surface area contributed by atoms with E-state index in [1.54, 1.807) is 0 Å². The zero-order valence-electron chi connectivity index (χ0n) is 10.9. The van der Waals surface area contributed by atoms with Gasteiger partial charge in [-0.15, -0.1) is 0 Å². The second kappa shape index (κ2) is 5.04. The lowest BCUT2D eigenvalue weighted by Gasteiger charge is -2.15. The molecular formula is C15H18O3. The van der Waals surface area contributed by atoms with Gasteiger partial charge in [0, 0.05) is 0 Å². The Morgan fingerprint density at radius 3 is 2.50 bits per heavy atom. The van der Waals surface area contributed by atoms with Crippen molar-refractivity contribution >= 4 is 11.9 Å². The summed E-state index contributed by atoms with van der Waals surface area (Å²) in [5.74, 6) is -0.717. The molecule has 1 heterocycles. The molecule has 2 rings (SSSR count). The van der Waals surface area contributed by atoms with Gasteiger partial charge in [-0.2, -0.15) is 0 Å². The van der Waals surface area contributed by atoms with Crippen LogP contribution in [-0.2, 0) is 14.3 Å². The normalized spacial score (nSPS) is 26.6. The molecule has 0 saturated carbocycles. The van der Waals surface area contributed by atoms with E-state index in [-0.39, 0.29) is 11.9 Å². The highest BCUT2D eigenvalue weighted by molar-refractivity contribution is 5.82. The topological polar surface area (TPSA) is 35.5 Å². The molecule has 1 aliphatic rings. The lowest BCUT2D eigenvalue weighted by Crippen LogP contribution is -2.28. The van der Waals surface area contributed by atoms with Crippen molar-refractivity contribution in [2.45, 2.75) is 38.8 Å². The lowest BCUT2D eigenvalue weighted by molar-refractivity contribution is -0.152. The van der Waals surface area contributed by atoms with Crippen molar-refractivity contribution < 1.29 is 14.3 Å². The van der Waals surface area contributed by atoms with Crippen molar-refractivity contribution in [3.05, 3.63) is 42.0 Å². The number of ketones is 1. The van der Waals surface area contributed by atoms with Crippen molar-refractivity contribution in [1.29, 1.82) is 0 Å². The number of hydrogen-bond donors (Lipinski definition) is 0. The molecule has 0 bridgehead atoms. The second-order valence-electron chi connectivity index (χ2n) is 4.90. The average molecular weight is 246 g/mol. The monoisotopic (exact) mass is 246 g/mol. The van der Waals surface area contributed by atoms with E-state index in [2.05, 4.69) is 0 Å². The summed E-state index contributed by atoms with van der Waals surface area (Å²) >= 11 is 0. The van der Waals surface area contributed by atoms with Crippen molar-refractivity contribution in [3.63, 3.8) is 0 Å². The van der Waals surface area contributed by atoms with Gasteiger partial charge in [-0.3, -0.25) is 4.79 Å². The predicted molar refractivity (Wildman–Crippen MR) is 70.0 cm³/mol. The summed E-state index contributed by atoms with van der Waals surface area (Å²) in [6.07, 6.45) is 3.00. The van der Waals surface area contributed by atoms with Crippen LogP contribution in [0.4, 0.5) is 0 Å². The second-order valence-corrected chi connectivity index (χ2v) is 4.90. The zero-order chi connectivity index (χ0) is 13.2. The molecule has 0 N–H and O–H groups in total. The summed E-state index contributed by atoms with van der Waals surface area (Å²) < 4.78 is 11.3. The molecule has 18 heavy (non-hydrogen) atoms. The first-order valence-corrected chi connectivity index (χ1v) is 6.07. The molecule has 0 spiro atoms. The summed E-state index contributed by atoms with van der Waals surface area (Å²) in [4.78, 5) is 11.5. The summed E-state index contributed by atoms with van der Waals surface area (Å²) in [5.41, 5.74) is 1.08. The SMILES string of the molecule is CC(=O)[C@@H]1OC(C)(C)O[C@@H]1/C=C/c1ccccc1. The quantitative estimate of drug-likeness (QED) is 0.822. The molecule has 0 aromatic heterocycles. The Bertz CT molecular complexity index is 448. The number of ether oxygens (including phenoxy) is 2. The first kappa shape index (κ1) is 13.0. The van der Waals surface area contributed by atoms with Crippen LogP contribution in [0.25, 0.3) is 6.08 Å². The standard InChI is InChI=1S/C15H18O3/c1-11(16)14-13(17-15(2,3)18-14)10-9-12-7-5-4-6-8-12/h4-10,13-14H,1-3H3/b10-9+/t13-,14+/m1/s1. The number of hydrogen-bond acceptors (Lipinski definition) is 3. The van der Waals surface area contributed by atoms with E-state index in [0.717, 1.165) is 5.56 Å². The van der Waals surface area contributed by atoms with Crippen LogP contribution < -0.4 is 0 Å².